The summed E-state index contributed by atoms with van der Waals surface area (Å²) >= 11 is 0. The number of nitrogens with one attached hydrogen (secondary N) is 1. The van der Waals surface area contributed by atoms with Gasteiger partial charge in [0.05, 0.1) is 39.4 Å². The Morgan fingerprint density at radius 3 is 1.73 bits per heavy atom. The highest BCUT2D eigenvalue weighted by molar-refractivity contribution is 6.14. The lowest BCUT2D eigenvalue weighted by atomic mass is 9.99. The predicted octanol–water partition coefficient (Wildman–Crippen LogP) is 13.6. The van der Waals surface area contributed by atoms with E-state index in [1.165, 1.54) is 10.9 Å². The first-order valence-corrected chi connectivity index (χ1v) is 21.5. The third-order valence-electron chi connectivity index (χ3n) is 12.4. The largest absolute Gasteiger partial charge is 0.344 e. The number of nitrogens with zero attached hydrogens (tertiary/aromatic N) is 5. The summed E-state index contributed by atoms with van der Waals surface area (Å²) < 4.78 is 4.74. The molecule has 0 radical (unpaired) electrons. The van der Waals surface area contributed by atoms with Crippen LogP contribution in [0.5, 0.6) is 0 Å². The van der Waals surface area contributed by atoms with E-state index in [9.17, 15) is 5.26 Å². The smallest absolute Gasteiger partial charge is 0.159 e. The molecule has 0 bridgehead atoms. The molecule has 1 N–H and O–H groups in total. The molecule has 1 atom stereocenters. The number of hydrogen-bond acceptors (Lipinski definition) is 4. The highest BCUT2D eigenvalue weighted by Crippen LogP contribution is 2.40. The average molecular weight is 819 g/mol. The van der Waals surface area contributed by atoms with Crippen molar-refractivity contribution in [3.8, 4) is 39.7 Å². The lowest BCUT2D eigenvalue weighted by Crippen LogP contribution is -2.33. The summed E-state index contributed by atoms with van der Waals surface area (Å²) in [6.45, 7) is 0. The summed E-state index contributed by atoms with van der Waals surface area (Å²) in [7, 11) is 0. The Hall–Kier alpha value is -8.79. The number of fused-ring (bicyclic) bond motifs is 6. The normalized spacial score (nSPS) is 13.8. The second-order valence-electron chi connectivity index (χ2n) is 16.2. The van der Waals surface area contributed by atoms with E-state index in [1.807, 2.05) is 36.4 Å². The first-order chi connectivity index (χ1) is 31.7. The fourth-order valence-corrected chi connectivity index (χ4v) is 9.38. The molecule has 3 heterocycles. The lowest BCUT2D eigenvalue weighted by Gasteiger charge is -2.25. The molecule has 300 valence electrons. The van der Waals surface area contributed by atoms with Crippen molar-refractivity contribution in [2.24, 2.45) is 9.98 Å². The van der Waals surface area contributed by atoms with Crippen molar-refractivity contribution < 1.29 is 0 Å². The van der Waals surface area contributed by atoms with E-state index >= 15 is 0 Å². The van der Waals surface area contributed by atoms with Crippen LogP contribution in [0.25, 0.3) is 77.2 Å². The fraction of sp³-hybridized carbons (Fsp3) is 0.0172. The van der Waals surface area contributed by atoms with Crippen molar-refractivity contribution in [3.05, 3.63) is 241 Å². The Bertz CT molecular complexity index is 3690. The predicted molar refractivity (Wildman–Crippen MR) is 263 cm³/mol. The molecule has 0 saturated heterocycles. The van der Waals surface area contributed by atoms with E-state index < -0.39 is 6.17 Å². The number of aromatic nitrogens is 2. The molecule has 6 heteroatoms. The molecule has 11 aromatic rings. The van der Waals surface area contributed by atoms with Crippen molar-refractivity contribution in [1.82, 2.24) is 14.5 Å². The van der Waals surface area contributed by atoms with Crippen LogP contribution in [0.2, 0.25) is 0 Å². The first-order valence-electron chi connectivity index (χ1n) is 21.5. The van der Waals surface area contributed by atoms with Gasteiger partial charge in [0.15, 0.2) is 5.84 Å². The minimum Gasteiger partial charge on any atom is -0.344 e. The third-order valence-corrected chi connectivity index (χ3v) is 12.4. The number of para-hydroxylation sites is 2. The zero-order valence-electron chi connectivity index (χ0n) is 34.6. The van der Waals surface area contributed by atoms with Gasteiger partial charge in [0.2, 0.25) is 0 Å². The maximum Gasteiger partial charge on any atom is 0.159 e. The van der Waals surface area contributed by atoms with Crippen LogP contribution in [-0.2, 0) is 0 Å². The van der Waals surface area contributed by atoms with E-state index in [0.717, 1.165) is 88.8 Å². The number of rotatable bonds is 7. The Morgan fingerprint density at radius 2 is 1.02 bits per heavy atom. The maximum atomic E-state index is 9.83. The molecular formula is C58H38N6. The number of hydrogen-bond donors (Lipinski definition) is 1. The van der Waals surface area contributed by atoms with E-state index in [0.29, 0.717) is 11.4 Å². The summed E-state index contributed by atoms with van der Waals surface area (Å²) in [4.78, 5) is 10.5. The minimum absolute atomic E-state index is 0.431. The van der Waals surface area contributed by atoms with Crippen molar-refractivity contribution in [2.45, 2.75) is 6.17 Å². The molecule has 0 amide bonds. The standard InChI is InChI=1S/C58H38N6/c59-37-38-24-33-53-50(34-38)48-21-11-12-22-51(48)63(53)45-30-32-49-47-20-10-13-23-52(47)64(55(49)36-45)54-35-44(29-31-46(54)41-16-6-2-7-17-41)58-61-56(42-18-8-3-9-19-42)60-57(62-58)43-27-25-40(26-28-43)39-14-4-1-5-15-39/h1-36,58H,(H,60,61,62). The third kappa shape index (κ3) is 6.26. The second kappa shape index (κ2) is 15.3. The summed E-state index contributed by atoms with van der Waals surface area (Å²) in [5, 5.41) is 18.1. The summed E-state index contributed by atoms with van der Waals surface area (Å²) in [6.07, 6.45) is -0.431. The van der Waals surface area contributed by atoms with E-state index in [1.54, 1.807) is 0 Å². The van der Waals surface area contributed by atoms with Gasteiger partial charge in [-0.05, 0) is 70.8 Å². The molecule has 0 spiro atoms. The van der Waals surface area contributed by atoms with E-state index in [4.69, 9.17) is 9.98 Å². The molecule has 1 aliphatic rings. The molecular weight excluding hydrogens is 781 g/mol. The molecule has 2 aromatic heterocycles. The molecule has 12 rings (SSSR count). The Kier molecular flexibility index (Phi) is 8.84. The van der Waals surface area contributed by atoms with Crippen LogP contribution < -0.4 is 5.32 Å². The molecule has 0 saturated carbocycles. The SMILES string of the molecule is N#Cc1ccc2c(c1)c1ccccc1n2-c1ccc2c3ccccc3n(-c3cc(C4N=C(c5ccccc5)N=C(c5ccc(-c6ccccc6)cc5)N4)ccc3-c3ccccc3)c2c1. The maximum absolute atomic E-state index is 9.83. The zero-order valence-corrected chi connectivity index (χ0v) is 34.6. The molecule has 0 aliphatic carbocycles. The minimum atomic E-state index is -0.431. The van der Waals surface area contributed by atoms with Gasteiger partial charge in [-0.1, -0.05) is 170 Å². The Balaban J connectivity index is 1.05. The molecule has 1 aliphatic heterocycles. The number of benzene rings is 9. The van der Waals surface area contributed by atoms with Gasteiger partial charge in [-0.3, -0.25) is 0 Å². The Morgan fingerprint density at radius 1 is 0.438 bits per heavy atom. The van der Waals surface area contributed by atoms with Crippen molar-refractivity contribution >= 4 is 55.3 Å². The molecule has 6 nitrogen and oxygen atoms in total. The monoisotopic (exact) mass is 818 g/mol. The second-order valence-corrected chi connectivity index (χ2v) is 16.2. The van der Waals surface area contributed by atoms with Gasteiger partial charge in [0.1, 0.15) is 12.0 Å². The summed E-state index contributed by atoms with van der Waals surface area (Å²) in [6, 6.07) is 78.8. The van der Waals surface area contributed by atoms with E-state index in [2.05, 4.69) is 203 Å². The first kappa shape index (κ1) is 37.0. The van der Waals surface area contributed by atoms with Crippen LogP contribution in [0.15, 0.2) is 228 Å². The molecule has 1 unspecified atom stereocenters. The topological polar surface area (TPSA) is 70.4 Å². The summed E-state index contributed by atoms with van der Waals surface area (Å²) in [5.74, 6) is 1.44. The lowest BCUT2D eigenvalue weighted by molar-refractivity contribution is 0.674. The average Bonchev–Trinajstić information content (AvgIpc) is 3.89. The highest BCUT2D eigenvalue weighted by atomic mass is 15.2. The van der Waals surface area contributed by atoms with Gasteiger partial charge in [-0.2, -0.15) is 5.26 Å². The van der Waals surface area contributed by atoms with Crippen molar-refractivity contribution in [2.75, 3.05) is 0 Å². The van der Waals surface area contributed by atoms with Crippen LogP contribution in [0.3, 0.4) is 0 Å². The van der Waals surface area contributed by atoms with Gasteiger partial charge in [0.25, 0.3) is 0 Å². The van der Waals surface area contributed by atoms with Crippen LogP contribution in [0.4, 0.5) is 0 Å². The molecule has 64 heavy (non-hydrogen) atoms. The summed E-state index contributed by atoms with van der Waals surface area (Å²) in [5.41, 5.74) is 14.5. The number of amidine groups is 2. The van der Waals surface area contributed by atoms with Crippen LogP contribution in [-0.4, -0.2) is 20.8 Å². The van der Waals surface area contributed by atoms with Crippen LogP contribution >= 0.6 is 0 Å². The van der Waals surface area contributed by atoms with Crippen LogP contribution in [0.1, 0.15) is 28.4 Å². The van der Waals surface area contributed by atoms with Gasteiger partial charge >= 0.3 is 0 Å². The number of aliphatic imine (C=N–C) groups is 2. The van der Waals surface area contributed by atoms with Crippen molar-refractivity contribution in [3.63, 3.8) is 0 Å². The van der Waals surface area contributed by atoms with E-state index in [-0.39, 0.29) is 0 Å². The quantitative estimate of drug-likeness (QED) is 0.174. The number of nitriles is 1. The van der Waals surface area contributed by atoms with Gasteiger partial charge < -0.3 is 14.5 Å². The van der Waals surface area contributed by atoms with Crippen molar-refractivity contribution in [1.29, 1.82) is 5.26 Å². The molecule has 0 fully saturated rings. The fourth-order valence-electron chi connectivity index (χ4n) is 9.38. The van der Waals surface area contributed by atoms with Gasteiger partial charge in [-0.25, -0.2) is 9.98 Å². The highest BCUT2D eigenvalue weighted by Gasteiger charge is 2.24. The molecule has 9 aromatic carbocycles. The van der Waals surface area contributed by atoms with Crippen LogP contribution in [0, 0.1) is 11.3 Å². The Labute approximate surface area is 370 Å². The zero-order chi connectivity index (χ0) is 42.6. The van der Waals surface area contributed by atoms with Gasteiger partial charge in [-0.15, -0.1) is 0 Å². The van der Waals surface area contributed by atoms with Gasteiger partial charge in [0, 0.05) is 43.9 Å².